The molecule has 1 N–H and O–H groups in total. The standard InChI is InChI=1S/C22H19BrN2O4/c1-13-5-3-4-6-15(13)12-25-17-11-16(7-8-18(17)28-14(2)22(25)27)24-21(26)19-9-10-20(23)29-19/h3-11,14H,12H2,1-2H3,(H,24,26). The number of fused-ring (bicyclic) bond motifs is 1. The van der Waals surface area contributed by atoms with Crippen molar-refractivity contribution in [3.63, 3.8) is 0 Å². The van der Waals surface area contributed by atoms with Gasteiger partial charge < -0.3 is 19.4 Å². The number of amides is 2. The monoisotopic (exact) mass is 454 g/mol. The molecule has 1 unspecified atom stereocenters. The molecule has 0 fully saturated rings. The van der Waals surface area contributed by atoms with Crippen LogP contribution in [0.5, 0.6) is 5.75 Å². The zero-order valence-corrected chi connectivity index (χ0v) is 17.5. The van der Waals surface area contributed by atoms with Gasteiger partial charge in [0.2, 0.25) is 0 Å². The number of nitrogens with zero attached hydrogens (tertiary/aromatic N) is 1. The van der Waals surface area contributed by atoms with E-state index in [1.54, 1.807) is 42.2 Å². The third kappa shape index (κ3) is 3.91. The molecule has 0 aliphatic carbocycles. The summed E-state index contributed by atoms with van der Waals surface area (Å²) in [5.41, 5.74) is 3.32. The summed E-state index contributed by atoms with van der Waals surface area (Å²) in [6.45, 7) is 4.18. The highest BCUT2D eigenvalue weighted by Crippen LogP contribution is 2.37. The fraction of sp³-hybridized carbons (Fsp3) is 0.182. The number of carbonyl (C=O) groups is 2. The van der Waals surface area contributed by atoms with Crippen LogP contribution in [0.1, 0.15) is 28.6 Å². The lowest BCUT2D eigenvalue weighted by Crippen LogP contribution is -2.44. The summed E-state index contributed by atoms with van der Waals surface area (Å²) in [5.74, 6) is 0.286. The molecule has 0 spiro atoms. The van der Waals surface area contributed by atoms with Crippen LogP contribution >= 0.6 is 15.9 Å². The zero-order chi connectivity index (χ0) is 20.5. The molecular formula is C22H19BrN2O4. The molecule has 7 heteroatoms. The largest absolute Gasteiger partial charge is 0.479 e. The summed E-state index contributed by atoms with van der Waals surface area (Å²) in [4.78, 5) is 26.9. The van der Waals surface area contributed by atoms with Gasteiger partial charge in [0, 0.05) is 5.69 Å². The number of carbonyl (C=O) groups excluding carboxylic acids is 2. The van der Waals surface area contributed by atoms with Gasteiger partial charge in [-0.25, -0.2) is 0 Å². The number of benzene rings is 2. The molecule has 2 amide bonds. The van der Waals surface area contributed by atoms with Crippen LogP contribution in [0.25, 0.3) is 0 Å². The molecule has 1 aromatic heterocycles. The van der Waals surface area contributed by atoms with Gasteiger partial charge in [-0.1, -0.05) is 24.3 Å². The van der Waals surface area contributed by atoms with E-state index in [0.717, 1.165) is 11.1 Å². The van der Waals surface area contributed by atoms with Gasteiger partial charge >= 0.3 is 0 Å². The van der Waals surface area contributed by atoms with Crippen molar-refractivity contribution in [1.29, 1.82) is 0 Å². The van der Waals surface area contributed by atoms with E-state index in [-0.39, 0.29) is 17.6 Å². The van der Waals surface area contributed by atoms with Crippen LogP contribution in [-0.2, 0) is 11.3 Å². The summed E-state index contributed by atoms with van der Waals surface area (Å²) >= 11 is 3.19. The quantitative estimate of drug-likeness (QED) is 0.607. The van der Waals surface area contributed by atoms with E-state index in [2.05, 4.69) is 21.2 Å². The Morgan fingerprint density at radius 1 is 1.17 bits per heavy atom. The van der Waals surface area contributed by atoms with Crippen molar-refractivity contribution in [2.45, 2.75) is 26.5 Å². The summed E-state index contributed by atoms with van der Waals surface area (Å²) in [5, 5.41) is 2.80. The summed E-state index contributed by atoms with van der Waals surface area (Å²) in [7, 11) is 0. The molecule has 1 aliphatic rings. The Balaban J connectivity index is 1.65. The summed E-state index contributed by atoms with van der Waals surface area (Å²) in [6, 6.07) is 16.4. The molecule has 29 heavy (non-hydrogen) atoms. The molecule has 4 rings (SSSR count). The number of hydrogen-bond donors (Lipinski definition) is 1. The highest BCUT2D eigenvalue weighted by atomic mass is 79.9. The molecule has 1 atom stereocenters. The Hall–Kier alpha value is -3.06. The van der Waals surface area contributed by atoms with Crippen LogP contribution in [0.3, 0.4) is 0 Å². The van der Waals surface area contributed by atoms with Crippen molar-refractivity contribution < 1.29 is 18.7 Å². The second-order valence-corrected chi connectivity index (χ2v) is 7.63. The number of anilines is 2. The molecule has 2 heterocycles. The van der Waals surface area contributed by atoms with Crippen LogP contribution in [0.15, 0.2) is 63.7 Å². The number of aryl methyl sites for hydroxylation is 1. The molecule has 2 aromatic carbocycles. The van der Waals surface area contributed by atoms with Crippen LogP contribution in [0.4, 0.5) is 11.4 Å². The fourth-order valence-electron chi connectivity index (χ4n) is 3.23. The lowest BCUT2D eigenvalue weighted by atomic mass is 10.1. The Morgan fingerprint density at radius 3 is 2.69 bits per heavy atom. The average molecular weight is 455 g/mol. The van der Waals surface area contributed by atoms with Crippen molar-refractivity contribution in [3.8, 4) is 5.75 Å². The smallest absolute Gasteiger partial charge is 0.291 e. The molecule has 148 valence electrons. The third-order valence-corrected chi connectivity index (χ3v) is 5.24. The van der Waals surface area contributed by atoms with Crippen LogP contribution in [0.2, 0.25) is 0 Å². The minimum Gasteiger partial charge on any atom is -0.479 e. The number of halogens is 1. The Kier molecular flexibility index (Phi) is 5.15. The van der Waals surface area contributed by atoms with Gasteiger partial charge in [-0.05, 0) is 71.2 Å². The normalized spacial score (nSPS) is 15.6. The van der Waals surface area contributed by atoms with Crippen LogP contribution in [0, 0.1) is 6.92 Å². The van der Waals surface area contributed by atoms with Crippen molar-refractivity contribution in [3.05, 3.63) is 76.2 Å². The van der Waals surface area contributed by atoms with Crippen molar-refractivity contribution in [1.82, 2.24) is 0 Å². The van der Waals surface area contributed by atoms with Gasteiger partial charge in [0.1, 0.15) is 5.75 Å². The maximum atomic E-state index is 12.9. The SMILES string of the molecule is Cc1ccccc1CN1C(=O)C(C)Oc2ccc(NC(=O)c3ccc(Br)o3)cc21. The third-order valence-electron chi connectivity index (χ3n) is 4.81. The predicted molar refractivity (Wildman–Crippen MR) is 113 cm³/mol. The van der Waals surface area contributed by atoms with Gasteiger partial charge in [0.25, 0.3) is 11.8 Å². The molecule has 6 nitrogen and oxygen atoms in total. The molecule has 0 radical (unpaired) electrons. The first-order valence-electron chi connectivity index (χ1n) is 9.15. The van der Waals surface area contributed by atoms with Crippen molar-refractivity contribution in [2.24, 2.45) is 0 Å². The van der Waals surface area contributed by atoms with E-state index >= 15 is 0 Å². The molecule has 1 aliphatic heterocycles. The predicted octanol–water partition coefficient (Wildman–Crippen LogP) is 4.92. The second kappa shape index (κ2) is 7.75. The first kappa shape index (κ1) is 19.3. The average Bonchev–Trinajstić information content (AvgIpc) is 3.14. The van der Waals surface area contributed by atoms with Crippen molar-refractivity contribution >= 4 is 39.1 Å². The van der Waals surface area contributed by atoms with Gasteiger partial charge in [-0.2, -0.15) is 0 Å². The number of rotatable bonds is 4. The van der Waals surface area contributed by atoms with E-state index in [0.29, 0.717) is 28.3 Å². The topological polar surface area (TPSA) is 71.8 Å². The van der Waals surface area contributed by atoms with Crippen LogP contribution < -0.4 is 15.0 Å². The van der Waals surface area contributed by atoms with E-state index in [4.69, 9.17) is 9.15 Å². The lowest BCUT2D eigenvalue weighted by molar-refractivity contribution is -0.125. The molecule has 0 saturated carbocycles. The lowest BCUT2D eigenvalue weighted by Gasteiger charge is -2.33. The zero-order valence-electron chi connectivity index (χ0n) is 15.9. The Morgan fingerprint density at radius 2 is 1.97 bits per heavy atom. The molecular weight excluding hydrogens is 436 g/mol. The number of hydrogen-bond acceptors (Lipinski definition) is 4. The first-order valence-corrected chi connectivity index (χ1v) is 9.95. The fourth-order valence-corrected chi connectivity index (χ4v) is 3.54. The Labute approximate surface area is 176 Å². The second-order valence-electron chi connectivity index (χ2n) is 6.85. The number of nitrogens with one attached hydrogen (secondary N) is 1. The van der Waals surface area contributed by atoms with E-state index < -0.39 is 6.10 Å². The highest BCUT2D eigenvalue weighted by Gasteiger charge is 2.32. The summed E-state index contributed by atoms with van der Waals surface area (Å²) in [6.07, 6.45) is -0.576. The minimum atomic E-state index is -0.576. The number of ether oxygens (including phenoxy) is 1. The van der Waals surface area contributed by atoms with Crippen molar-refractivity contribution in [2.75, 3.05) is 10.2 Å². The van der Waals surface area contributed by atoms with E-state index in [9.17, 15) is 9.59 Å². The molecule has 0 saturated heterocycles. The van der Waals surface area contributed by atoms with Gasteiger partial charge in [0.05, 0.1) is 12.2 Å². The molecule has 3 aromatic rings. The highest BCUT2D eigenvalue weighted by molar-refractivity contribution is 9.10. The first-order chi connectivity index (χ1) is 13.9. The van der Waals surface area contributed by atoms with Crippen LogP contribution in [-0.4, -0.2) is 17.9 Å². The van der Waals surface area contributed by atoms with Gasteiger partial charge in [0.15, 0.2) is 16.5 Å². The Bertz CT molecular complexity index is 1090. The minimum absolute atomic E-state index is 0.126. The summed E-state index contributed by atoms with van der Waals surface area (Å²) < 4.78 is 11.5. The van der Waals surface area contributed by atoms with Gasteiger partial charge in [-0.15, -0.1) is 0 Å². The maximum absolute atomic E-state index is 12.9. The van der Waals surface area contributed by atoms with Gasteiger partial charge in [-0.3, -0.25) is 9.59 Å². The van der Waals surface area contributed by atoms with E-state index in [1.807, 2.05) is 31.2 Å². The number of furan rings is 1. The molecule has 0 bridgehead atoms. The van der Waals surface area contributed by atoms with E-state index in [1.165, 1.54) is 0 Å². The maximum Gasteiger partial charge on any atom is 0.291 e.